The zero-order valence-corrected chi connectivity index (χ0v) is 17.7. The quantitative estimate of drug-likeness (QED) is 0.283. The van der Waals surface area contributed by atoms with Gasteiger partial charge in [-0.25, -0.2) is 18.0 Å². The minimum atomic E-state index is -4.01. The molecule has 0 radical (unpaired) electrons. The molecule has 0 fully saturated rings. The van der Waals surface area contributed by atoms with Crippen molar-refractivity contribution >= 4 is 33.3 Å². The first-order valence-electron chi connectivity index (χ1n) is 9.12. The van der Waals surface area contributed by atoms with E-state index in [2.05, 4.69) is 4.72 Å². The highest BCUT2D eigenvalue weighted by molar-refractivity contribution is 7.92. The molecule has 2 N–H and O–H groups in total. The largest absolute Gasteiger partial charge is 0.477 e. The number of rotatable bonds is 8. The maximum atomic E-state index is 12.6. The molecule has 170 valence electrons. The number of nitrogens with one attached hydrogen (secondary N) is 1. The van der Waals surface area contributed by atoms with Gasteiger partial charge in [-0.2, -0.15) is 0 Å². The fraction of sp³-hybridized carbons (Fsp3) is 0.0476. The number of carbonyl (C=O) groups excluding carboxylic acids is 1. The van der Waals surface area contributed by atoms with Crippen molar-refractivity contribution in [1.29, 1.82) is 0 Å². The molecule has 3 aromatic rings. The first kappa shape index (κ1) is 23.2. The number of carbonyl (C=O) groups is 2. The highest BCUT2D eigenvalue weighted by Gasteiger charge is 2.22. The summed E-state index contributed by atoms with van der Waals surface area (Å²) in [5.41, 5.74) is -1.45. The van der Waals surface area contributed by atoms with Gasteiger partial charge in [-0.05, 0) is 36.4 Å². The van der Waals surface area contributed by atoms with Crippen LogP contribution in [0, 0.1) is 10.1 Å². The van der Waals surface area contributed by atoms with Gasteiger partial charge in [0, 0.05) is 12.1 Å². The van der Waals surface area contributed by atoms with Crippen LogP contribution in [-0.4, -0.2) is 37.5 Å². The summed E-state index contributed by atoms with van der Waals surface area (Å²) in [6, 6.07) is 14.4. The molecule has 0 bridgehead atoms. The van der Waals surface area contributed by atoms with Crippen molar-refractivity contribution in [2.24, 2.45) is 0 Å². The minimum absolute atomic E-state index is 0.0202. The number of benzene rings is 3. The van der Waals surface area contributed by atoms with Crippen molar-refractivity contribution in [1.82, 2.24) is 0 Å². The third-order valence-corrected chi connectivity index (χ3v) is 5.71. The number of sulfonamides is 1. The number of nitrogens with zero attached hydrogens (tertiary/aromatic N) is 1. The smallest absolute Gasteiger partial charge is 0.342 e. The molecular formula is C21H16N2O9S. The van der Waals surface area contributed by atoms with E-state index in [9.17, 15) is 33.2 Å². The SMILES string of the molecule is COC(=O)c1cc(Oc2ccc([N+](=O)[O-])c(C(=O)O)c2)ccc1NS(=O)(=O)c1ccccc1. The van der Waals surface area contributed by atoms with Gasteiger partial charge in [0.05, 0.1) is 28.2 Å². The van der Waals surface area contributed by atoms with Crippen LogP contribution in [-0.2, 0) is 14.8 Å². The number of carboxylic acids is 1. The molecule has 33 heavy (non-hydrogen) atoms. The van der Waals surface area contributed by atoms with Gasteiger partial charge in [-0.15, -0.1) is 0 Å². The molecule has 0 heterocycles. The highest BCUT2D eigenvalue weighted by Crippen LogP contribution is 2.31. The van der Waals surface area contributed by atoms with Gasteiger partial charge in [0.1, 0.15) is 17.1 Å². The number of hydrogen-bond donors (Lipinski definition) is 2. The number of nitro groups is 1. The van der Waals surface area contributed by atoms with Crippen molar-refractivity contribution in [2.75, 3.05) is 11.8 Å². The summed E-state index contributed by atoms with van der Waals surface area (Å²) in [7, 11) is -2.89. The molecule has 0 saturated heterocycles. The van der Waals surface area contributed by atoms with Gasteiger partial charge in [0.15, 0.2) is 0 Å². The summed E-state index contributed by atoms with van der Waals surface area (Å²) in [6.07, 6.45) is 0. The zero-order valence-electron chi connectivity index (χ0n) is 16.9. The molecule has 0 aliphatic carbocycles. The van der Waals surface area contributed by atoms with Crippen LogP contribution in [0.5, 0.6) is 11.5 Å². The predicted molar refractivity (Wildman–Crippen MR) is 115 cm³/mol. The third kappa shape index (κ3) is 5.25. The van der Waals surface area contributed by atoms with E-state index in [1.807, 2.05) is 0 Å². The average Bonchev–Trinajstić information content (AvgIpc) is 2.79. The standard InChI is InChI=1S/C21H16N2O9S/c1-31-21(26)16-11-13(32-14-8-10-19(23(27)28)17(12-14)20(24)25)7-9-18(16)22-33(29,30)15-5-3-2-4-6-15/h2-12,22H,1H3,(H,24,25). The number of methoxy groups -OCH3 is 1. The number of esters is 1. The van der Waals surface area contributed by atoms with Gasteiger partial charge in [0.25, 0.3) is 15.7 Å². The van der Waals surface area contributed by atoms with E-state index in [1.165, 1.54) is 36.4 Å². The molecule has 0 spiro atoms. The van der Waals surface area contributed by atoms with Crippen LogP contribution in [0.1, 0.15) is 20.7 Å². The van der Waals surface area contributed by atoms with E-state index in [4.69, 9.17) is 9.47 Å². The molecule has 0 unspecified atom stereocenters. The van der Waals surface area contributed by atoms with Crippen molar-refractivity contribution < 1.29 is 37.5 Å². The first-order valence-corrected chi connectivity index (χ1v) is 10.6. The van der Waals surface area contributed by atoms with E-state index in [0.717, 1.165) is 19.2 Å². The van der Waals surface area contributed by atoms with Crippen molar-refractivity contribution in [3.8, 4) is 11.5 Å². The maximum Gasteiger partial charge on any atom is 0.342 e. The number of anilines is 1. The fourth-order valence-electron chi connectivity index (χ4n) is 2.80. The van der Waals surface area contributed by atoms with Gasteiger partial charge in [-0.1, -0.05) is 18.2 Å². The van der Waals surface area contributed by atoms with E-state index < -0.39 is 38.1 Å². The van der Waals surface area contributed by atoms with Crippen LogP contribution in [0.2, 0.25) is 0 Å². The topological polar surface area (TPSA) is 162 Å². The van der Waals surface area contributed by atoms with E-state index in [-0.39, 0.29) is 27.6 Å². The lowest BCUT2D eigenvalue weighted by atomic mass is 10.1. The monoisotopic (exact) mass is 472 g/mol. The molecule has 0 aliphatic heterocycles. The Balaban J connectivity index is 1.96. The number of ether oxygens (including phenoxy) is 2. The molecule has 0 aliphatic rings. The lowest BCUT2D eigenvalue weighted by molar-refractivity contribution is -0.385. The van der Waals surface area contributed by atoms with Gasteiger partial charge in [0.2, 0.25) is 0 Å². The van der Waals surface area contributed by atoms with E-state index in [1.54, 1.807) is 18.2 Å². The van der Waals surface area contributed by atoms with Crippen LogP contribution in [0.4, 0.5) is 11.4 Å². The normalized spacial score (nSPS) is 10.8. The summed E-state index contributed by atoms with van der Waals surface area (Å²) >= 11 is 0. The zero-order chi connectivity index (χ0) is 24.2. The third-order valence-electron chi connectivity index (χ3n) is 4.32. The van der Waals surface area contributed by atoms with Crippen molar-refractivity contribution in [2.45, 2.75) is 4.90 Å². The lowest BCUT2D eigenvalue weighted by Crippen LogP contribution is -2.16. The van der Waals surface area contributed by atoms with Crippen LogP contribution in [0.15, 0.2) is 71.6 Å². The van der Waals surface area contributed by atoms with Gasteiger partial charge >= 0.3 is 11.9 Å². The Labute approximate surface area is 187 Å². The number of nitro benzene ring substituents is 1. The van der Waals surface area contributed by atoms with E-state index >= 15 is 0 Å². The molecular weight excluding hydrogens is 456 g/mol. The van der Waals surface area contributed by atoms with Crippen molar-refractivity contribution in [3.63, 3.8) is 0 Å². The Morgan fingerprint density at radius 1 is 0.970 bits per heavy atom. The molecule has 0 atom stereocenters. The summed E-state index contributed by atoms with van der Waals surface area (Å²) in [5, 5.41) is 20.2. The molecule has 0 aromatic heterocycles. The minimum Gasteiger partial charge on any atom is -0.477 e. The molecule has 11 nitrogen and oxygen atoms in total. The Morgan fingerprint density at radius 3 is 2.15 bits per heavy atom. The van der Waals surface area contributed by atoms with E-state index in [0.29, 0.717) is 0 Å². The summed E-state index contributed by atoms with van der Waals surface area (Å²) in [5.74, 6) is -2.40. The van der Waals surface area contributed by atoms with Crippen LogP contribution < -0.4 is 9.46 Å². The van der Waals surface area contributed by atoms with Crippen LogP contribution in [0.25, 0.3) is 0 Å². The van der Waals surface area contributed by atoms with Crippen LogP contribution >= 0.6 is 0 Å². The summed E-state index contributed by atoms with van der Waals surface area (Å²) < 4.78 is 37.8. The Morgan fingerprint density at radius 2 is 1.58 bits per heavy atom. The van der Waals surface area contributed by atoms with Crippen LogP contribution in [0.3, 0.4) is 0 Å². The molecule has 3 aromatic carbocycles. The van der Waals surface area contributed by atoms with Crippen molar-refractivity contribution in [3.05, 3.63) is 88.0 Å². The lowest BCUT2D eigenvalue weighted by Gasteiger charge is -2.14. The second-order valence-corrected chi connectivity index (χ2v) is 8.14. The Kier molecular flexibility index (Phi) is 6.59. The number of carboxylic acid groups (broad SMARTS) is 1. The fourth-order valence-corrected chi connectivity index (χ4v) is 3.90. The predicted octanol–water partition coefficient (Wildman–Crippen LogP) is 3.67. The maximum absolute atomic E-state index is 12.6. The Hall–Kier alpha value is -4.45. The summed E-state index contributed by atoms with van der Waals surface area (Å²) in [4.78, 5) is 33.7. The number of aromatic carboxylic acids is 1. The van der Waals surface area contributed by atoms with Gasteiger partial charge < -0.3 is 14.6 Å². The second kappa shape index (κ2) is 9.36. The summed E-state index contributed by atoms with van der Waals surface area (Å²) in [6.45, 7) is 0. The molecule has 0 amide bonds. The number of hydrogen-bond acceptors (Lipinski definition) is 8. The average molecular weight is 472 g/mol. The Bertz CT molecular complexity index is 1340. The molecule has 12 heteroatoms. The molecule has 0 saturated carbocycles. The molecule has 3 rings (SSSR count). The first-order chi connectivity index (χ1) is 15.6. The highest BCUT2D eigenvalue weighted by atomic mass is 32.2. The van der Waals surface area contributed by atoms with Gasteiger partial charge in [-0.3, -0.25) is 14.8 Å². The second-order valence-electron chi connectivity index (χ2n) is 6.46.